The van der Waals surface area contributed by atoms with Crippen molar-refractivity contribution in [1.82, 2.24) is 0 Å². The van der Waals surface area contributed by atoms with E-state index in [1.54, 1.807) is 0 Å². The van der Waals surface area contributed by atoms with Crippen molar-refractivity contribution in [2.75, 3.05) is 0 Å². The zero-order valence-electron chi connectivity index (χ0n) is 12.3. The van der Waals surface area contributed by atoms with E-state index in [1.165, 1.54) is 0 Å². The highest BCUT2D eigenvalue weighted by Gasteiger charge is 2.37. The summed E-state index contributed by atoms with van der Waals surface area (Å²) in [6.45, 7) is 0. The third-order valence-corrected chi connectivity index (χ3v) is 3.59. The van der Waals surface area contributed by atoms with Crippen LogP contribution in [0.25, 0.3) is 0 Å². The van der Waals surface area contributed by atoms with Crippen LogP contribution in [0, 0.1) is 5.41 Å². The highest BCUT2D eigenvalue weighted by atomic mass is 16.4. The summed E-state index contributed by atoms with van der Waals surface area (Å²) in [5, 5.41) is 35.4. The second-order valence-electron chi connectivity index (χ2n) is 5.33. The molecule has 0 aromatic heterocycles. The molecule has 0 saturated heterocycles. The van der Waals surface area contributed by atoms with Gasteiger partial charge in [-0.3, -0.25) is 19.2 Å². The van der Waals surface area contributed by atoms with E-state index >= 15 is 0 Å². The van der Waals surface area contributed by atoms with Gasteiger partial charge >= 0.3 is 23.9 Å². The van der Waals surface area contributed by atoms with Crippen molar-refractivity contribution in [3.63, 3.8) is 0 Å². The lowest BCUT2D eigenvalue weighted by Gasteiger charge is -2.29. The molecule has 126 valence electrons. The minimum absolute atomic E-state index is 0.0911. The predicted molar refractivity (Wildman–Crippen MR) is 74.5 cm³/mol. The van der Waals surface area contributed by atoms with E-state index < -0.39 is 29.3 Å². The first kappa shape index (κ1) is 19.9. The smallest absolute Gasteiger partial charge is 0.309 e. The molecule has 0 radical (unpaired) electrons. The molecule has 0 bridgehead atoms. The van der Waals surface area contributed by atoms with E-state index in [0.29, 0.717) is 0 Å². The van der Waals surface area contributed by atoms with E-state index in [-0.39, 0.29) is 57.8 Å². The summed E-state index contributed by atoms with van der Waals surface area (Å²) in [6.07, 6.45) is 0.216. The summed E-state index contributed by atoms with van der Waals surface area (Å²) in [5.41, 5.74) is -1.26. The number of carboxylic acids is 4. The van der Waals surface area contributed by atoms with Crippen molar-refractivity contribution in [3.8, 4) is 0 Å². The van der Waals surface area contributed by atoms with Crippen molar-refractivity contribution in [1.29, 1.82) is 0 Å². The Hall–Kier alpha value is -2.12. The van der Waals surface area contributed by atoms with Crippen molar-refractivity contribution >= 4 is 23.9 Å². The third kappa shape index (κ3) is 8.23. The number of hydrogen-bond donors (Lipinski definition) is 4. The minimum Gasteiger partial charge on any atom is -0.481 e. The van der Waals surface area contributed by atoms with E-state index in [1.807, 2.05) is 0 Å². The predicted octanol–water partition coefficient (Wildman–Crippen LogP) is 1.82. The molecule has 0 aromatic carbocycles. The normalized spacial score (nSPS) is 11.1. The molecule has 0 unspecified atom stereocenters. The maximum absolute atomic E-state index is 11.6. The lowest BCUT2D eigenvalue weighted by atomic mass is 9.74. The van der Waals surface area contributed by atoms with Crippen molar-refractivity contribution in [2.45, 2.75) is 57.8 Å². The Morgan fingerprint density at radius 2 is 0.864 bits per heavy atom. The molecule has 0 atom stereocenters. The topological polar surface area (TPSA) is 149 Å². The van der Waals surface area contributed by atoms with Crippen molar-refractivity contribution < 1.29 is 39.6 Å². The first-order valence-corrected chi connectivity index (χ1v) is 7.08. The summed E-state index contributed by atoms with van der Waals surface area (Å²) < 4.78 is 0. The number of aliphatic carboxylic acids is 4. The molecule has 0 amide bonds. The summed E-state index contributed by atoms with van der Waals surface area (Å²) in [5.74, 6) is -4.23. The van der Waals surface area contributed by atoms with Crippen molar-refractivity contribution in [3.05, 3.63) is 0 Å². The highest BCUT2D eigenvalue weighted by Crippen LogP contribution is 2.37. The van der Waals surface area contributed by atoms with Gasteiger partial charge in [-0.05, 0) is 38.5 Å². The molecule has 0 aliphatic heterocycles. The van der Waals surface area contributed by atoms with Gasteiger partial charge in [0.1, 0.15) is 0 Å². The first-order valence-electron chi connectivity index (χ1n) is 7.08. The van der Waals surface area contributed by atoms with Crippen LogP contribution in [-0.4, -0.2) is 44.3 Å². The second-order valence-corrected chi connectivity index (χ2v) is 5.33. The van der Waals surface area contributed by atoms with Crippen molar-refractivity contribution in [2.24, 2.45) is 5.41 Å². The lowest BCUT2D eigenvalue weighted by Crippen LogP contribution is -2.32. The fourth-order valence-corrected chi connectivity index (χ4v) is 2.43. The average Bonchev–Trinajstić information content (AvgIpc) is 2.36. The Morgan fingerprint density at radius 3 is 1.05 bits per heavy atom. The van der Waals surface area contributed by atoms with Crippen LogP contribution in [0.5, 0.6) is 0 Å². The standard InChI is InChI=1S/C14H22O8/c15-10(16)4-1-7-14(13(21)22,8-2-5-11(17)18)9-3-6-12(19)20/h1-9H2,(H,15,16)(H,17,18)(H,19,20)(H,21,22). The zero-order chi connectivity index (χ0) is 17.2. The van der Waals surface area contributed by atoms with Crippen LogP contribution >= 0.6 is 0 Å². The van der Waals surface area contributed by atoms with Crippen LogP contribution in [0.1, 0.15) is 57.8 Å². The number of carbonyl (C=O) groups is 4. The zero-order valence-corrected chi connectivity index (χ0v) is 12.3. The Kier molecular flexibility index (Phi) is 8.81. The molecule has 0 spiro atoms. The summed E-state index contributed by atoms with van der Waals surface area (Å²) in [7, 11) is 0. The van der Waals surface area contributed by atoms with Crippen LogP contribution in [0.4, 0.5) is 0 Å². The highest BCUT2D eigenvalue weighted by molar-refractivity contribution is 5.75. The van der Waals surface area contributed by atoms with Gasteiger partial charge in [-0.2, -0.15) is 0 Å². The quantitative estimate of drug-likeness (QED) is 0.401. The fraction of sp³-hybridized carbons (Fsp3) is 0.714. The van der Waals surface area contributed by atoms with Gasteiger partial charge < -0.3 is 20.4 Å². The van der Waals surface area contributed by atoms with Gasteiger partial charge in [0.25, 0.3) is 0 Å². The molecule has 0 fully saturated rings. The SMILES string of the molecule is O=C(O)CCCC(CCCC(=O)O)(CCCC(=O)O)C(=O)O. The molecule has 8 nitrogen and oxygen atoms in total. The van der Waals surface area contributed by atoms with Crippen LogP contribution in [-0.2, 0) is 19.2 Å². The van der Waals surface area contributed by atoms with E-state index in [0.717, 1.165) is 0 Å². The molecule has 0 aliphatic rings. The lowest BCUT2D eigenvalue weighted by molar-refractivity contribution is -0.152. The van der Waals surface area contributed by atoms with Crippen LogP contribution in [0.3, 0.4) is 0 Å². The summed E-state index contributed by atoms with van der Waals surface area (Å²) in [4.78, 5) is 43.3. The third-order valence-electron chi connectivity index (χ3n) is 3.59. The fourth-order valence-electron chi connectivity index (χ4n) is 2.43. The molecule has 0 aromatic rings. The molecule has 0 aliphatic carbocycles. The first-order chi connectivity index (χ1) is 10.2. The van der Waals surface area contributed by atoms with Gasteiger partial charge in [0, 0.05) is 19.3 Å². The van der Waals surface area contributed by atoms with Gasteiger partial charge in [0.2, 0.25) is 0 Å². The number of hydrogen-bond acceptors (Lipinski definition) is 4. The number of rotatable bonds is 13. The molecule has 0 rings (SSSR count). The second kappa shape index (κ2) is 9.75. The van der Waals surface area contributed by atoms with Gasteiger partial charge in [-0.15, -0.1) is 0 Å². The molecular formula is C14H22O8. The molecule has 0 saturated carbocycles. The van der Waals surface area contributed by atoms with Gasteiger partial charge in [0.05, 0.1) is 5.41 Å². The Labute approximate surface area is 127 Å². The van der Waals surface area contributed by atoms with Gasteiger partial charge in [-0.25, -0.2) is 0 Å². The summed E-state index contributed by atoms with van der Waals surface area (Å²) in [6, 6.07) is 0. The molecule has 4 N–H and O–H groups in total. The Balaban J connectivity index is 4.82. The molecule has 22 heavy (non-hydrogen) atoms. The Morgan fingerprint density at radius 1 is 0.591 bits per heavy atom. The minimum atomic E-state index is -1.26. The van der Waals surface area contributed by atoms with Gasteiger partial charge in [-0.1, -0.05) is 0 Å². The maximum atomic E-state index is 11.6. The van der Waals surface area contributed by atoms with E-state index in [9.17, 15) is 24.3 Å². The molecular weight excluding hydrogens is 296 g/mol. The van der Waals surface area contributed by atoms with Crippen LogP contribution < -0.4 is 0 Å². The molecule has 8 heteroatoms. The van der Waals surface area contributed by atoms with Crippen LogP contribution in [0.2, 0.25) is 0 Å². The maximum Gasteiger partial charge on any atom is 0.309 e. The van der Waals surface area contributed by atoms with E-state index in [2.05, 4.69) is 0 Å². The monoisotopic (exact) mass is 318 g/mol. The van der Waals surface area contributed by atoms with Crippen LogP contribution in [0.15, 0.2) is 0 Å². The summed E-state index contributed by atoms with van der Waals surface area (Å²) >= 11 is 0. The Bertz CT molecular complexity index is 365. The molecule has 0 heterocycles. The van der Waals surface area contributed by atoms with E-state index in [4.69, 9.17) is 15.3 Å². The largest absolute Gasteiger partial charge is 0.481 e. The average molecular weight is 318 g/mol. The number of carboxylic acid groups (broad SMARTS) is 4. The van der Waals surface area contributed by atoms with Gasteiger partial charge in [0.15, 0.2) is 0 Å².